The average Bonchev–Trinajstić information content (AvgIpc) is 3.07. The third-order valence-corrected chi connectivity index (χ3v) is 3.84. The molecule has 0 spiro atoms. The lowest BCUT2D eigenvalue weighted by Gasteiger charge is -2.14. The molecule has 0 saturated heterocycles. The van der Waals surface area contributed by atoms with Gasteiger partial charge in [0.15, 0.2) is 5.96 Å². The van der Waals surface area contributed by atoms with Crippen LogP contribution in [-0.4, -0.2) is 35.5 Å². The number of nitrogens with zero attached hydrogens (tertiary/aromatic N) is 3. The lowest BCUT2D eigenvalue weighted by atomic mass is 10.2. The summed E-state index contributed by atoms with van der Waals surface area (Å²) in [6.07, 6.45) is 2.54. The van der Waals surface area contributed by atoms with E-state index in [4.69, 9.17) is 4.74 Å². The van der Waals surface area contributed by atoms with E-state index in [1.54, 1.807) is 23.0 Å². The average molecular weight is 523 g/mol. The lowest BCUT2D eigenvalue weighted by molar-refractivity contribution is -0.0505. The van der Waals surface area contributed by atoms with E-state index in [0.29, 0.717) is 37.0 Å². The van der Waals surface area contributed by atoms with Crippen LogP contribution in [0.5, 0.6) is 11.5 Å². The van der Waals surface area contributed by atoms with Crippen LogP contribution < -0.4 is 20.1 Å². The van der Waals surface area contributed by atoms with Crippen LogP contribution in [0.4, 0.5) is 8.78 Å². The van der Waals surface area contributed by atoms with E-state index in [-0.39, 0.29) is 36.3 Å². The summed E-state index contributed by atoms with van der Waals surface area (Å²) in [6.45, 7) is 2.89. The van der Waals surface area contributed by atoms with E-state index in [0.717, 1.165) is 12.1 Å². The molecule has 0 saturated carbocycles. The van der Waals surface area contributed by atoms with Crippen molar-refractivity contribution in [1.29, 1.82) is 0 Å². The molecule has 1 aromatic carbocycles. The number of aromatic nitrogens is 2. The molecular formula is C19H28F2IN5O2. The van der Waals surface area contributed by atoms with Gasteiger partial charge in [-0.1, -0.05) is 6.92 Å². The molecule has 29 heavy (non-hydrogen) atoms. The molecule has 0 aliphatic heterocycles. The van der Waals surface area contributed by atoms with Gasteiger partial charge in [0.25, 0.3) is 0 Å². The van der Waals surface area contributed by atoms with Gasteiger partial charge in [-0.25, -0.2) is 4.99 Å². The van der Waals surface area contributed by atoms with Gasteiger partial charge in [0.2, 0.25) is 0 Å². The predicted octanol–water partition coefficient (Wildman–Crippen LogP) is 3.68. The maximum atomic E-state index is 12.8. The van der Waals surface area contributed by atoms with Crippen molar-refractivity contribution in [2.24, 2.45) is 12.0 Å². The number of ether oxygens (including phenoxy) is 2. The third-order valence-electron chi connectivity index (χ3n) is 3.84. The molecule has 1 aromatic heterocycles. The molecule has 0 radical (unpaired) electrons. The van der Waals surface area contributed by atoms with Crippen LogP contribution in [0.25, 0.3) is 0 Å². The quantitative estimate of drug-likeness (QED) is 0.283. The summed E-state index contributed by atoms with van der Waals surface area (Å²) in [5.41, 5.74) is 1.53. The van der Waals surface area contributed by atoms with Crippen LogP contribution in [0.1, 0.15) is 31.5 Å². The Hall–Kier alpha value is -2.11. The van der Waals surface area contributed by atoms with E-state index >= 15 is 0 Å². The van der Waals surface area contributed by atoms with E-state index < -0.39 is 6.61 Å². The molecule has 2 aromatic rings. The maximum Gasteiger partial charge on any atom is 0.387 e. The highest BCUT2D eigenvalue weighted by molar-refractivity contribution is 14.0. The van der Waals surface area contributed by atoms with Gasteiger partial charge in [0, 0.05) is 31.4 Å². The van der Waals surface area contributed by atoms with Gasteiger partial charge in [-0.3, -0.25) is 4.68 Å². The number of benzene rings is 1. The second-order valence-electron chi connectivity index (χ2n) is 5.99. The monoisotopic (exact) mass is 523 g/mol. The Morgan fingerprint density at radius 2 is 2.03 bits per heavy atom. The smallest absolute Gasteiger partial charge is 0.387 e. The second kappa shape index (κ2) is 13.2. The minimum absolute atomic E-state index is 0. The minimum Gasteiger partial charge on any atom is -0.493 e. The highest BCUT2D eigenvalue weighted by Gasteiger charge is 2.12. The number of hydrogen-bond donors (Lipinski definition) is 2. The normalized spacial score (nSPS) is 11.2. The Labute approximate surface area is 186 Å². The minimum atomic E-state index is -2.92. The molecule has 1 heterocycles. The van der Waals surface area contributed by atoms with Gasteiger partial charge in [0.05, 0.1) is 25.4 Å². The van der Waals surface area contributed by atoms with Crippen LogP contribution >= 0.6 is 24.0 Å². The van der Waals surface area contributed by atoms with Gasteiger partial charge in [-0.2, -0.15) is 13.9 Å². The summed E-state index contributed by atoms with van der Waals surface area (Å²) in [6, 6.07) is 6.80. The summed E-state index contributed by atoms with van der Waals surface area (Å²) < 4.78 is 37.5. The van der Waals surface area contributed by atoms with Gasteiger partial charge < -0.3 is 20.1 Å². The molecule has 162 valence electrons. The van der Waals surface area contributed by atoms with Gasteiger partial charge in [-0.05, 0) is 31.5 Å². The molecule has 0 amide bonds. The molecular weight excluding hydrogens is 495 g/mol. The molecule has 10 heteroatoms. The summed E-state index contributed by atoms with van der Waals surface area (Å²) in [5.74, 6) is 1.12. The zero-order valence-corrected chi connectivity index (χ0v) is 19.2. The number of hydrogen-bond acceptors (Lipinski definition) is 4. The van der Waals surface area contributed by atoms with E-state index in [1.807, 2.05) is 27.0 Å². The number of guanidine groups is 1. The Balaban J connectivity index is 0.00000420. The number of alkyl halides is 2. The van der Waals surface area contributed by atoms with Crippen LogP contribution in [-0.2, 0) is 20.1 Å². The molecule has 0 bridgehead atoms. The summed E-state index contributed by atoms with van der Waals surface area (Å²) >= 11 is 0. The zero-order valence-electron chi connectivity index (χ0n) is 16.8. The van der Waals surface area contributed by atoms with Gasteiger partial charge in [0.1, 0.15) is 11.5 Å². The third kappa shape index (κ3) is 8.42. The maximum absolute atomic E-state index is 12.8. The van der Waals surface area contributed by atoms with Crippen LogP contribution in [0.2, 0.25) is 0 Å². The van der Waals surface area contributed by atoms with E-state index in [2.05, 4.69) is 25.5 Å². The summed E-state index contributed by atoms with van der Waals surface area (Å²) in [7, 11) is 1.86. The Morgan fingerprint density at radius 1 is 1.24 bits per heavy atom. The van der Waals surface area contributed by atoms with Crippen molar-refractivity contribution >= 4 is 29.9 Å². The van der Waals surface area contributed by atoms with Crippen molar-refractivity contribution in [2.45, 2.75) is 40.0 Å². The fraction of sp³-hybridized carbons (Fsp3) is 0.474. The largest absolute Gasteiger partial charge is 0.493 e. The van der Waals surface area contributed by atoms with Crippen LogP contribution in [0, 0.1) is 0 Å². The Bertz CT molecular complexity index is 771. The van der Waals surface area contributed by atoms with E-state index in [9.17, 15) is 8.78 Å². The van der Waals surface area contributed by atoms with Crippen molar-refractivity contribution in [3.8, 4) is 11.5 Å². The molecule has 0 unspecified atom stereocenters. The Morgan fingerprint density at radius 3 is 2.66 bits per heavy atom. The van der Waals surface area contributed by atoms with Crippen molar-refractivity contribution < 1.29 is 18.3 Å². The van der Waals surface area contributed by atoms with Crippen molar-refractivity contribution in [3.63, 3.8) is 0 Å². The van der Waals surface area contributed by atoms with Crippen molar-refractivity contribution in [2.75, 3.05) is 13.2 Å². The highest BCUT2D eigenvalue weighted by atomic mass is 127. The van der Waals surface area contributed by atoms with Crippen molar-refractivity contribution in [1.82, 2.24) is 20.4 Å². The standard InChI is InChI=1S/C19H27F2N5O2.HI/c1-4-10-27-16-7-6-14(17(11-16)28-18(20)21)12-23-19(22-5-2)24-13-15-8-9-25-26(15)3;/h6-9,11,18H,4-5,10,12-13H2,1-3H3,(H2,22,23,24);1H. The fourth-order valence-corrected chi connectivity index (χ4v) is 2.44. The van der Waals surface area contributed by atoms with Gasteiger partial charge in [-0.15, -0.1) is 24.0 Å². The van der Waals surface area contributed by atoms with Crippen molar-refractivity contribution in [3.05, 3.63) is 41.7 Å². The fourth-order valence-electron chi connectivity index (χ4n) is 2.44. The number of nitrogens with one attached hydrogen (secondary N) is 2. The lowest BCUT2D eigenvalue weighted by Crippen LogP contribution is -2.37. The number of aryl methyl sites for hydroxylation is 1. The first-order valence-electron chi connectivity index (χ1n) is 9.23. The Kier molecular flexibility index (Phi) is 11.3. The zero-order chi connectivity index (χ0) is 20.4. The predicted molar refractivity (Wildman–Crippen MR) is 119 cm³/mol. The molecule has 2 rings (SSSR count). The molecule has 2 N–H and O–H groups in total. The molecule has 7 nitrogen and oxygen atoms in total. The van der Waals surface area contributed by atoms with Crippen LogP contribution in [0.3, 0.4) is 0 Å². The first-order valence-corrected chi connectivity index (χ1v) is 9.23. The first-order chi connectivity index (χ1) is 13.5. The van der Waals surface area contributed by atoms with Gasteiger partial charge >= 0.3 is 6.61 Å². The molecule has 0 aliphatic carbocycles. The number of aliphatic imine (C=N–C) groups is 1. The highest BCUT2D eigenvalue weighted by Crippen LogP contribution is 2.27. The van der Waals surface area contributed by atoms with Crippen LogP contribution in [0.15, 0.2) is 35.5 Å². The number of rotatable bonds is 10. The second-order valence-corrected chi connectivity index (χ2v) is 5.99. The molecule has 0 atom stereocenters. The number of halogens is 3. The van der Waals surface area contributed by atoms with E-state index in [1.165, 1.54) is 6.07 Å². The molecule has 0 fully saturated rings. The topological polar surface area (TPSA) is 72.7 Å². The SMILES string of the molecule is CCCOc1ccc(CN=C(NCC)NCc2ccnn2C)c(OC(F)F)c1.I. The molecule has 0 aliphatic rings. The summed E-state index contributed by atoms with van der Waals surface area (Å²) in [5, 5.41) is 10.4. The first kappa shape index (κ1) is 24.9. The summed E-state index contributed by atoms with van der Waals surface area (Å²) in [4.78, 5) is 4.47.